The number of hydrogen-bond acceptors (Lipinski definition) is 7. The van der Waals surface area contributed by atoms with E-state index >= 15 is 0 Å². The molecule has 0 unspecified atom stereocenters. The molecule has 0 spiro atoms. The van der Waals surface area contributed by atoms with Gasteiger partial charge >= 0.3 is 0 Å². The number of hydrogen-bond donors (Lipinski definition) is 1. The van der Waals surface area contributed by atoms with Gasteiger partial charge in [-0.05, 0) is 44.9 Å². The zero-order valence-corrected chi connectivity index (χ0v) is 17.3. The van der Waals surface area contributed by atoms with Crippen LogP contribution in [0.5, 0.6) is 0 Å². The number of carbonyl (C=O) groups excluding carboxylic acids is 1. The van der Waals surface area contributed by atoms with Gasteiger partial charge in [0.25, 0.3) is 0 Å². The second kappa shape index (κ2) is 7.30. The van der Waals surface area contributed by atoms with Crippen LogP contribution in [0.2, 0.25) is 0 Å². The first-order valence-electron chi connectivity index (χ1n) is 8.57. The van der Waals surface area contributed by atoms with Crippen LogP contribution in [0.3, 0.4) is 0 Å². The van der Waals surface area contributed by atoms with Crippen molar-refractivity contribution in [1.29, 1.82) is 0 Å². The van der Waals surface area contributed by atoms with Crippen LogP contribution < -0.4 is 5.32 Å². The van der Waals surface area contributed by atoms with E-state index < -0.39 is 31.8 Å². The van der Waals surface area contributed by atoms with Gasteiger partial charge in [0, 0.05) is 18.5 Å². The fraction of sp³-hybridized carbons (Fsp3) is 0.412. The standard InChI is InChI=1S/C17H21N3O6S2/c1-11-16(12(2)26-19-11)28(24,25)20-9-5-8-15(20)17(21)18-13-6-4-7-14(10-13)27(3,22)23/h4,6-7,10,15H,5,8-9H2,1-3H3,(H,18,21)/t15-/m0/s1. The largest absolute Gasteiger partial charge is 0.360 e. The van der Waals surface area contributed by atoms with Crippen molar-refractivity contribution in [2.45, 2.75) is 42.5 Å². The Kier molecular flexibility index (Phi) is 5.34. The number of sulfone groups is 1. The summed E-state index contributed by atoms with van der Waals surface area (Å²) >= 11 is 0. The van der Waals surface area contributed by atoms with Gasteiger partial charge in [-0.1, -0.05) is 11.2 Å². The van der Waals surface area contributed by atoms with E-state index in [1.54, 1.807) is 6.07 Å². The quantitative estimate of drug-likeness (QED) is 0.766. The molecule has 1 aliphatic rings. The summed E-state index contributed by atoms with van der Waals surface area (Å²) in [6.07, 6.45) is 1.97. The number of rotatable bonds is 5. The Hall–Kier alpha value is -2.24. The van der Waals surface area contributed by atoms with Crippen molar-refractivity contribution in [3.8, 4) is 0 Å². The molecule has 1 fully saturated rings. The summed E-state index contributed by atoms with van der Waals surface area (Å²) in [4.78, 5) is 12.8. The molecular weight excluding hydrogens is 406 g/mol. The Morgan fingerprint density at radius 2 is 1.96 bits per heavy atom. The molecule has 3 rings (SSSR count). The molecule has 9 nitrogen and oxygen atoms in total. The van der Waals surface area contributed by atoms with Gasteiger partial charge in [-0.25, -0.2) is 16.8 Å². The van der Waals surface area contributed by atoms with Gasteiger partial charge in [0.2, 0.25) is 15.9 Å². The van der Waals surface area contributed by atoms with E-state index in [1.165, 1.54) is 32.0 Å². The van der Waals surface area contributed by atoms with Gasteiger partial charge in [0.05, 0.1) is 4.90 Å². The maximum atomic E-state index is 13.1. The van der Waals surface area contributed by atoms with Gasteiger partial charge < -0.3 is 9.84 Å². The molecule has 1 saturated heterocycles. The molecule has 2 aromatic rings. The number of amides is 1. The van der Waals surface area contributed by atoms with Gasteiger partial charge in [-0.15, -0.1) is 0 Å². The minimum absolute atomic E-state index is 0.0220. The maximum Gasteiger partial charge on any atom is 0.249 e. The molecule has 1 amide bonds. The molecule has 1 atom stereocenters. The smallest absolute Gasteiger partial charge is 0.249 e. The summed E-state index contributed by atoms with van der Waals surface area (Å²) in [5, 5.41) is 6.31. The summed E-state index contributed by atoms with van der Waals surface area (Å²) in [6.45, 7) is 3.24. The van der Waals surface area contributed by atoms with Crippen LogP contribution in [0.1, 0.15) is 24.3 Å². The van der Waals surface area contributed by atoms with Crippen LogP contribution in [0.15, 0.2) is 38.6 Å². The first kappa shape index (κ1) is 20.5. The first-order valence-corrected chi connectivity index (χ1v) is 11.9. The van der Waals surface area contributed by atoms with E-state index in [1.807, 2.05) is 0 Å². The topological polar surface area (TPSA) is 127 Å². The second-order valence-electron chi connectivity index (χ2n) is 6.72. The number of anilines is 1. The monoisotopic (exact) mass is 427 g/mol. The van der Waals surface area contributed by atoms with Gasteiger partial charge in [0.15, 0.2) is 15.6 Å². The summed E-state index contributed by atoms with van der Waals surface area (Å²) in [7, 11) is -7.38. The zero-order valence-electron chi connectivity index (χ0n) is 15.7. The lowest BCUT2D eigenvalue weighted by atomic mass is 10.2. The highest BCUT2D eigenvalue weighted by Gasteiger charge is 2.41. The lowest BCUT2D eigenvalue weighted by molar-refractivity contribution is -0.119. The molecule has 152 valence electrons. The number of aromatic nitrogens is 1. The average molecular weight is 428 g/mol. The zero-order chi connectivity index (χ0) is 20.7. The highest BCUT2D eigenvalue weighted by atomic mass is 32.2. The number of carbonyl (C=O) groups is 1. The van der Waals surface area contributed by atoms with Crippen molar-refractivity contribution in [2.75, 3.05) is 18.1 Å². The van der Waals surface area contributed by atoms with Crippen molar-refractivity contribution >= 4 is 31.5 Å². The molecule has 11 heteroatoms. The Bertz CT molecular complexity index is 1100. The molecule has 1 aromatic heterocycles. The Morgan fingerprint density at radius 3 is 2.57 bits per heavy atom. The fourth-order valence-corrected chi connectivity index (χ4v) is 5.90. The number of sulfonamides is 1. The van der Waals surface area contributed by atoms with Gasteiger partial charge in [-0.2, -0.15) is 4.31 Å². The Labute approximate surface area is 163 Å². The SMILES string of the molecule is Cc1noc(C)c1S(=O)(=O)N1CCC[C@H]1C(=O)Nc1cccc(S(C)(=O)=O)c1. The highest BCUT2D eigenvalue weighted by Crippen LogP contribution is 2.30. The Morgan fingerprint density at radius 1 is 1.25 bits per heavy atom. The van der Waals surface area contributed by atoms with Crippen LogP contribution in [0.4, 0.5) is 5.69 Å². The predicted octanol–water partition coefficient (Wildman–Crippen LogP) is 1.49. The van der Waals surface area contributed by atoms with Crippen molar-refractivity contribution in [3.05, 3.63) is 35.7 Å². The van der Waals surface area contributed by atoms with Gasteiger partial charge in [0.1, 0.15) is 16.6 Å². The summed E-state index contributed by atoms with van der Waals surface area (Å²) in [5.41, 5.74) is 0.527. The van der Waals surface area contributed by atoms with Crippen molar-refractivity contribution in [2.24, 2.45) is 0 Å². The molecule has 1 aliphatic heterocycles. The molecule has 0 radical (unpaired) electrons. The van der Waals surface area contributed by atoms with E-state index in [-0.39, 0.29) is 33.5 Å². The minimum Gasteiger partial charge on any atom is -0.360 e. The van der Waals surface area contributed by atoms with E-state index in [2.05, 4.69) is 10.5 Å². The molecule has 1 N–H and O–H groups in total. The normalized spacial score (nSPS) is 18.3. The first-order chi connectivity index (χ1) is 13.0. The summed E-state index contributed by atoms with van der Waals surface area (Å²) < 4.78 is 55.6. The van der Waals surface area contributed by atoms with E-state index in [0.717, 1.165) is 10.6 Å². The number of benzene rings is 1. The Balaban J connectivity index is 1.86. The summed E-state index contributed by atoms with van der Waals surface area (Å²) in [6, 6.07) is 4.93. The van der Waals surface area contributed by atoms with Crippen LogP contribution in [0.25, 0.3) is 0 Å². The molecule has 0 bridgehead atoms. The molecule has 1 aromatic carbocycles. The second-order valence-corrected chi connectivity index (χ2v) is 10.6. The number of nitrogens with one attached hydrogen (secondary N) is 1. The molecule has 0 aliphatic carbocycles. The maximum absolute atomic E-state index is 13.1. The minimum atomic E-state index is -3.95. The fourth-order valence-electron chi connectivity index (χ4n) is 3.28. The van der Waals surface area contributed by atoms with E-state index in [9.17, 15) is 21.6 Å². The van der Waals surface area contributed by atoms with Gasteiger partial charge in [-0.3, -0.25) is 4.79 Å². The molecular formula is C17H21N3O6S2. The number of nitrogens with zero attached hydrogens (tertiary/aromatic N) is 2. The molecule has 28 heavy (non-hydrogen) atoms. The van der Waals surface area contributed by atoms with E-state index in [0.29, 0.717) is 12.8 Å². The van der Waals surface area contributed by atoms with Crippen molar-refractivity contribution < 1.29 is 26.2 Å². The lowest BCUT2D eigenvalue weighted by Gasteiger charge is -2.23. The summed E-state index contributed by atoms with van der Waals surface area (Å²) in [5.74, 6) is -0.345. The van der Waals surface area contributed by atoms with Crippen LogP contribution in [-0.2, 0) is 24.7 Å². The van der Waals surface area contributed by atoms with E-state index in [4.69, 9.17) is 4.52 Å². The van der Waals surface area contributed by atoms with Crippen LogP contribution >= 0.6 is 0 Å². The average Bonchev–Trinajstić information content (AvgIpc) is 3.22. The lowest BCUT2D eigenvalue weighted by Crippen LogP contribution is -2.43. The molecule has 0 saturated carbocycles. The molecule has 2 heterocycles. The number of aryl methyl sites for hydroxylation is 2. The van der Waals surface area contributed by atoms with Crippen LogP contribution in [-0.4, -0.2) is 51.0 Å². The predicted molar refractivity (Wildman–Crippen MR) is 101 cm³/mol. The third-order valence-corrected chi connectivity index (χ3v) is 7.83. The third-order valence-electron chi connectivity index (χ3n) is 4.57. The van der Waals surface area contributed by atoms with Crippen molar-refractivity contribution in [3.63, 3.8) is 0 Å². The van der Waals surface area contributed by atoms with Crippen LogP contribution in [0, 0.1) is 13.8 Å². The third kappa shape index (κ3) is 3.82. The van der Waals surface area contributed by atoms with Crippen molar-refractivity contribution in [1.82, 2.24) is 9.46 Å². The highest BCUT2D eigenvalue weighted by molar-refractivity contribution is 7.90.